The molecule has 2 aromatic carbocycles. The van der Waals surface area contributed by atoms with Gasteiger partial charge in [-0.25, -0.2) is 0 Å². The zero-order valence-electron chi connectivity index (χ0n) is 21.7. The Bertz CT molecular complexity index is 837. The number of unbranched alkanes of at least 4 members (excludes halogenated alkanes) is 10. The van der Waals surface area contributed by atoms with Crippen LogP contribution in [0, 0.1) is 0 Å². The molecule has 34 heavy (non-hydrogen) atoms. The van der Waals surface area contributed by atoms with E-state index in [1.165, 1.54) is 64.2 Å². The van der Waals surface area contributed by atoms with Gasteiger partial charge in [0.15, 0.2) is 0 Å². The summed E-state index contributed by atoms with van der Waals surface area (Å²) in [5.74, 6) is 1.84. The lowest BCUT2D eigenvalue weighted by Gasteiger charge is -2.12. The highest BCUT2D eigenvalue weighted by Crippen LogP contribution is 2.27. The zero-order chi connectivity index (χ0) is 24.3. The fourth-order valence-electron chi connectivity index (χ4n) is 3.99. The molecule has 2 heteroatoms. The summed E-state index contributed by atoms with van der Waals surface area (Å²) in [5, 5.41) is 0. The van der Waals surface area contributed by atoms with Crippen LogP contribution in [0.25, 0.3) is 18.2 Å². The lowest BCUT2D eigenvalue weighted by atomic mass is 10.1. The lowest BCUT2D eigenvalue weighted by Crippen LogP contribution is -2.01. The maximum absolute atomic E-state index is 6.19. The van der Waals surface area contributed by atoms with E-state index in [2.05, 4.69) is 69.0 Å². The summed E-state index contributed by atoms with van der Waals surface area (Å²) in [6, 6.07) is 14.6. The van der Waals surface area contributed by atoms with E-state index in [1.807, 2.05) is 12.1 Å². The maximum atomic E-state index is 6.19. The molecule has 0 saturated carbocycles. The fourth-order valence-corrected chi connectivity index (χ4v) is 3.99. The highest BCUT2D eigenvalue weighted by molar-refractivity contribution is 5.74. The molecule has 0 heterocycles. The van der Waals surface area contributed by atoms with Gasteiger partial charge in [-0.15, -0.1) is 0 Å². The molecule has 0 spiro atoms. The van der Waals surface area contributed by atoms with Crippen molar-refractivity contribution >= 4 is 18.2 Å². The molecule has 0 atom stereocenters. The van der Waals surface area contributed by atoms with Crippen molar-refractivity contribution in [3.05, 3.63) is 65.7 Å². The average molecular weight is 463 g/mol. The van der Waals surface area contributed by atoms with Crippen molar-refractivity contribution in [2.75, 3.05) is 13.2 Å². The molecule has 0 fully saturated rings. The van der Waals surface area contributed by atoms with E-state index < -0.39 is 0 Å². The predicted molar refractivity (Wildman–Crippen MR) is 150 cm³/mol. The first kappa shape index (κ1) is 27.8. The molecule has 0 unspecified atom stereocenters. The van der Waals surface area contributed by atoms with Crippen LogP contribution in [0.15, 0.2) is 49.0 Å². The van der Waals surface area contributed by atoms with Gasteiger partial charge in [-0.05, 0) is 48.2 Å². The van der Waals surface area contributed by atoms with Crippen LogP contribution in [0.2, 0.25) is 0 Å². The van der Waals surface area contributed by atoms with Crippen molar-refractivity contribution in [1.82, 2.24) is 0 Å². The van der Waals surface area contributed by atoms with Gasteiger partial charge in [0.25, 0.3) is 0 Å². The van der Waals surface area contributed by atoms with Gasteiger partial charge in [-0.1, -0.05) is 121 Å². The minimum absolute atomic E-state index is 0.761. The highest BCUT2D eigenvalue weighted by atomic mass is 16.5. The standard InChI is InChI=1S/C32H46O2/c1-4-7-9-11-13-15-24-33-31-22-23-32(34-25-16-14-12-10-8-5-2)30(27-31)21-20-29-19-17-18-28(6-3)26-29/h6,17-23,26-27H,3-5,7-16,24-25H2,1-2H3/b21-20-. The number of hydrogen-bond donors (Lipinski definition) is 0. The minimum Gasteiger partial charge on any atom is -0.494 e. The molecule has 186 valence electrons. The first-order valence-electron chi connectivity index (χ1n) is 13.6. The molecule has 2 aromatic rings. The van der Waals surface area contributed by atoms with Gasteiger partial charge in [0.2, 0.25) is 0 Å². The zero-order valence-corrected chi connectivity index (χ0v) is 21.7. The van der Waals surface area contributed by atoms with E-state index in [0.717, 1.165) is 54.2 Å². The first-order chi connectivity index (χ1) is 16.8. The quantitative estimate of drug-likeness (QED) is 0.153. The molecule has 0 aromatic heterocycles. The van der Waals surface area contributed by atoms with E-state index in [1.54, 1.807) is 0 Å². The Balaban J connectivity index is 1.97. The van der Waals surface area contributed by atoms with E-state index in [0.29, 0.717) is 0 Å². The summed E-state index contributed by atoms with van der Waals surface area (Å²) < 4.78 is 12.3. The number of benzene rings is 2. The van der Waals surface area contributed by atoms with Gasteiger partial charge in [0.1, 0.15) is 11.5 Å². The number of ether oxygens (including phenoxy) is 2. The summed E-state index contributed by atoms with van der Waals surface area (Å²) in [6.07, 6.45) is 21.4. The third kappa shape index (κ3) is 11.6. The van der Waals surface area contributed by atoms with Crippen molar-refractivity contribution in [1.29, 1.82) is 0 Å². The number of rotatable bonds is 19. The Morgan fingerprint density at radius 2 is 1.26 bits per heavy atom. The molecular formula is C32H46O2. The van der Waals surface area contributed by atoms with Crippen molar-refractivity contribution in [3.63, 3.8) is 0 Å². The van der Waals surface area contributed by atoms with Gasteiger partial charge in [0, 0.05) is 5.56 Å². The smallest absolute Gasteiger partial charge is 0.126 e. The molecule has 0 saturated heterocycles. The Labute approximate surface area is 209 Å². The van der Waals surface area contributed by atoms with E-state index in [9.17, 15) is 0 Å². The van der Waals surface area contributed by atoms with E-state index in [4.69, 9.17) is 9.47 Å². The fraction of sp³-hybridized carbons (Fsp3) is 0.500. The van der Waals surface area contributed by atoms with Crippen LogP contribution in [-0.4, -0.2) is 13.2 Å². The third-order valence-electron chi connectivity index (χ3n) is 6.11. The summed E-state index contributed by atoms with van der Waals surface area (Å²) in [6.45, 7) is 9.92. The van der Waals surface area contributed by atoms with Crippen LogP contribution >= 0.6 is 0 Å². The van der Waals surface area contributed by atoms with Crippen LogP contribution in [-0.2, 0) is 0 Å². The molecule has 0 aliphatic rings. The highest BCUT2D eigenvalue weighted by Gasteiger charge is 2.05. The Morgan fingerprint density at radius 3 is 1.94 bits per heavy atom. The van der Waals surface area contributed by atoms with Crippen molar-refractivity contribution < 1.29 is 9.47 Å². The van der Waals surface area contributed by atoms with Gasteiger partial charge in [0.05, 0.1) is 13.2 Å². The SMILES string of the molecule is C=Cc1cccc(/C=C\c2cc(OCCCCCCCC)ccc2OCCCCCCCC)c1. The summed E-state index contributed by atoms with van der Waals surface area (Å²) in [5.41, 5.74) is 3.34. The summed E-state index contributed by atoms with van der Waals surface area (Å²) in [7, 11) is 0. The molecule has 0 aliphatic carbocycles. The largest absolute Gasteiger partial charge is 0.494 e. The van der Waals surface area contributed by atoms with Gasteiger partial charge < -0.3 is 9.47 Å². The summed E-state index contributed by atoms with van der Waals surface area (Å²) in [4.78, 5) is 0. The molecule has 2 rings (SSSR count). The van der Waals surface area contributed by atoms with Crippen LogP contribution in [0.5, 0.6) is 11.5 Å². The van der Waals surface area contributed by atoms with E-state index >= 15 is 0 Å². The predicted octanol–water partition coefficient (Wildman–Crippen LogP) is 9.98. The molecule has 0 bridgehead atoms. The maximum Gasteiger partial charge on any atom is 0.126 e. The van der Waals surface area contributed by atoms with Crippen molar-refractivity contribution in [2.24, 2.45) is 0 Å². The average Bonchev–Trinajstić information content (AvgIpc) is 2.87. The van der Waals surface area contributed by atoms with Crippen LogP contribution in [0.4, 0.5) is 0 Å². The van der Waals surface area contributed by atoms with Gasteiger partial charge in [-0.3, -0.25) is 0 Å². The molecule has 0 N–H and O–H groups in total. The minimum atomic E-state index is 0.761. The van der Waals surface area contributed by atoms with Crippen molar-refractivity contribution in [3.8, 4) is 11.5 Å². The second kappa shape index (κ2) is 17.9. The second-order valence-corrected chi connectivity index (χ2v) is 9.14. The molecular weight excluding hydrogens is 416 g/mol. The summed E-state index contributed by atoms with van der Waals surface area (Å²) >= 11 is 0. The number of hydrogen-bond acceptors (Lipinski definition) is 2. The molecule has 0 aliphatic heterocycles. The Kier molecular flexibility index (Phi) is 14.6. The topological polar surface area (TPSA) is 18.5 Å². The van der Waals surface area contributed by atoms with Gasteiger partial charge >= 0.3 is 0 Å². The van der Waals surface area contributed by atoms with Gasteiger partial charge in [-0.2, -0.15) is 0 Å². The van der Waals surface area contributed by atoms with Crippen LogP contribution in [0.3, 0.4) is 0 Å². The van der Waals surface area contributed by atoms with Crippen molar-refractivity contribution in [2.45, 2.75) is 90.9 Å². The molecule has 0 amide bonds. The Morgan fingerprint density at radius 1 is 0.647 bits per heavy atom. The second-order valence-electron chi connectivity index (χ2n) is 9.14. The molecule has 0 radical (unpaired) electrons. The first-order valence-corrected chi connectivity index (χ1v) is 13.6. The van der Waals surface area contributed by atoms with E-state index in [-0.39, 0.29) is 0 Å². The Hall–Kier alpha value is -2.48. The lowest BCUT2D eigenvalue weighted by molar-refractivity contribution is 0.296. The van der Waals surface area contributed by atoms with Crippen LogP contribution in [0.1, 0.15) is 108 Å². The normalized spacial score (nSPS) is 11.1. The third-order valence-corrected chi connectivity index (χ3v) is 6.11. The van der Waals surface area contributed by atoms with Crippen LogP contribution < -0.4 is 9.47 Å². The molecule has 2 nitrogen and oxygen atoms in total. The monoisotopic (exact) mass is 462 g/mol.